The highest BCUT2D eigenvalue weighted by molar-refractivity contribution is 9.10. The highest BCUT2D eigenvalue weighted by Crippen LogP contribution is 2.23. The highest BCUT2D eigenvalue weighted by Gasteiger charge is 2.15. The number of nitro groups is 1. The molecule has 1 heterocycles. The van der Waals surface area contributed by atoms with Gasteiger partial charge in [0.05, 0.1) is 10.6 Å². The van der Waals surface area contributed by atoms with Gasteiger partial charge in [0, 0.05) is 34.9 Å². The van der Waals surface area contributed by atoms with Gasteiger partial charge in [-0.1, -0.05) is 22.0 Å². The molecule has 0 aliphatic heterocycles. The second kappa shape index (κ2) is 6.58. The van der Waals surface area contributed by atoms with E-state index in [1.54, 1.807) is 18.3 Å². The summed E-state index contributed by atoms with van der Waals surface area (Å²) in [4.78, 5) is 14.9. The summed E-state index contributed by atoms with van der Waals surface area (Å²) in [6.45, 7) is 2.39. The van der Waals surface area contributed by atoms with E-state index in [1.165, 1.54) is 6.07 Å². The molecule has 0 aliphatic carbocycles. The highest BCUT2D eigenvalue weighted by atomic mass is 79.9. The van der Waals surface area contributed by atoms with Crippen molar-refractivity contribution in [3.8, 4) is 0 Å². The van der Waals surface area contributed by atoms with E-state index >= 15 is 0 Å². The Morgan fingerprint density at radius 1 is 1.40 bits per heavy atom. The summed E-state index contributed by atoms with van der Waals surface area (Å²) >= 11 is 3.33. The lowest BCUT2D eigenvalue weighted by Crippen LogP contribution is -2.19. The molecule has 0 saturated carbocycles. The van der Waals surface area contributed by atoms with Crippen LogP contribution in [0, 0.1) is 10.1 Å². The predicted molar refractivity (Wildman–Crippen MR) is 80.3 cm³/mol. The van der Waals surface area contributed by atoms with Crippen molar-refractivity contribution in [1.82, 2.24) is 10.3 Å². The van der Waals surface area contributed by atoms with Crippen LogP contribution >= 0.6 is 15.9 Å². The van der Waals surface area contributed by atoms with Gasteiger partial charge < -0.3 is 5.32 Å². The molecule has 2 aromatic rings. The molecule has 0 aliphatic rings. The van der Waals surface area contributed by atoms with Gasteiger partial charge in [-0.05, 0) is 31.2 Å². The molecule has 2 rings (SSSR count). The summed E-state index contributed by atoms with van der Waals surface area (Å²) in [6, 6.07) is 10.7. The number of aromatic nitrogens is 1. The molecule has 6 heteroatoms. The molecule has 0 spiro atoms. The SMILES string of the molecule is C[C@@H](NCc1cc(Br)ccc1[N+](=O)[O-])c1ccccn1. The summed E-state index contributed by atoms with van der Waals surface area (Å²) in [7, 11) is 0. The summed E-state index contributed by atoms with van der Waals surface area (Å²) < 4.78 is 0.824. The van der Waals surface area contributed by atoms with E-state index in [0.717, 1.165) is 10.2 Å². The van der Waals surface area contributed by atoms with Crippen LogP contribution < -0.4 is 5.32 Å². The Morgan fingerprint density at radius 3 is 2.85 bits per heavy atom. The zero-order valence-electron chi connectivity index (χ0n) is 10.9. The van der Waals surface area contributed by atoms with Crippen molar-refractivity contribution >= 4 is 21.6 Å². The number of benzene rings is 1. The Bertz CT molecular complexity index is 605. The third-order valence-electron chi connectivity index (χ3n) is 2.97. The molecule has 1 aromatic heterocycles. The maximum absolute atomic E-state index is 11.0. The number of nitrogens with one attached hydrogen (secondary N) is 1. The average Bonchev–Trinajstić information content (AvgIpc) is 2.45. The number of hydrogen-bond acceptors (Lipinski definition) is 4. The predicted octanol–water partition coefficient (Wildman–Crippen LogP) is 3.60. The molecule has 0 amide bonds. The quantitative estimate of drug-likeness (QED) is 0.669. The van der Waals surface area contributed by atoms with Crippen LogP contribution in [-0.2, 0) is 6.54 Å². The lowest BCUT2D eigenvalue weighted by molar-refractivity contribution is -0.385. The number of rotatable bonds is 5. The zero-order valence-corrected chi connectivity index (χ0v) is 12.5. The molecule has 0 radical (unpaired) electrons. The van der Waals surface area contributed by atoms with Crippen molar-refractivity contribution in [3.05, 3.63) is 68.4 Å². The first-order valence-corrected chi connectivity index (χ1v) is 6.94. The molecule has 0 bridgehead atoms. The first-order chi connectivity index (χ1) is 9.58. The fourth-order valence-electron chi connectivity index (χ4n) is 1.87. The topological polar surface area (TPSA) is 68.1 Å². The lowest BCUT2D eigenvalue weighted by atomic mass is 10.1. The second-order valence-electron chi connectivity index (χ2n) is 4.39. The largest absolute Gasteiger partial charge is 0.304 e. The Kier molecular flexibility index (Phi) is 4.81. The van der Waals surface area contributed by atoms with Gasteiger partial charge in [-0.25, -0.2) is 0 Å². The summed E-state index contributed by atoms with van der Waals surface area (Å²) in [6.07, 6.45) is 1.73. The van der Waals surface area contributed by atoms with Gasteiger partial charge in [0.15, 0.2) is 0 Å². The number of nitro benzene ring substituents is 1. The van der Waals surface area contributed by atoms with Crippen LogP contribution in [-0.4, -0.2) is 9.91 Å². The van der Waals surface area contributed by atoms with E-state index in [0.29, 0.717) is 12.1 Å². The van der Waals surface area contributed by atoms with E-state index in [1.807, 2.05) is 25.1 Å². The van der Waals surface area contributed by atoms with Gasteiger partial charge in [0.2, 0.25) is 0 Å². The van der Waals surface area contributed by atoms with Crippen molar-refractivity contribution < 1.29 is 4.92 Å². The smallest absolute Gasteiger partial charge is 0.273 e. The molecular formula is C14H14BrN3O2. The minimum absolute atomic E-state index is 0.0229. The van der Waals surface area contributed by atoms with E-state index in [-0.39, 0.29) is 16.7 Å². The molecule has 1 atom stereocenters. The van der Waals surface area contributed by atoms with E-state index < -0.39 is 0 Å². The minimum Gasteiger partial charge on any atom is -0.304 e. The monoisotopic (exact) mass is 335 g/mol. The van der Waals surface area contributed by atoms with Crippen LogP contribution in [0.1, 0.15) is 24.2 Å². The van der Waals surface area contributed by atoms with Gasteiger partial charge >= 0.3 is 0 Å². The van der Waals surface area contributed by atoms with Crippen LogP contribution in [0.15, 0.2) is 47.1 Å². The van der Waals surface area contributed by atoms with Gasteiger partial charge in [-0.15, -0.1) is 0 Å². The second-order valence-corrected chi connectivity index (χ2v) is 5.30. The van der Waals surface area contributed by atoms with E-state index in [9.17, 15) is 10.1 Å². The van der Waals surface area contributed by atoms with Crippen molar-refractivity contribution in [2.45, 2.75) is 19.5 Å². The van der Waals surface area contributed by atoms with Gasteiger partial charge in [-0.3, -0.25) is 15.1 Å². The standard InChI is InChI=1S/C14H14BrN3O2/c1-10(13-4-2-3-7-16-13)17-9-11-8-12(15)5-6-14(11)18(19)20/h2-8,10,17H,9H2,1H3/t10-/m1/s1. The summed E-state index contributed by atoms with van der Waals surface area (Å²) in [5, 5.41) is 14.2. The third-order valence-corrected chi connectivity index (χ3v) is 3.46. The van der Waals surface area contributed by atoms with Crippen LogP contribution in [0.2, 0.25) is 0 Å². The van der Waals surface area contributed by atoms with Crippen LogP contribution in [0.4, 0.5) is 5.69 Å². The molecule has 1 N–H and O–H groups in total. The molecule has 104 valence electrons. The van der Waals surface area contributed by atoms with Crippen molar-refractivity contribution in [1.29, 1.82) is 0 Å². The van der Waals surface area contributed by atoms with E-state index in [4.69, 9.17) is 0 Å². The molecule has 20 heavy (non-hydrogen) atoms. The fraction of sp³-hybridized carbons (Fsp3) is 0.214. The Morgan fingerprint density at radius 2 is 2.20 bits per heavy atom. The van der Waals surface area contributed by atoms with Crippen molar-refractivity contribution in [3.63, 3.8) is 0 Å². The lowest BCUT2D eigenvalue weighted by Gasteiger charge is -2.13. The van der Waals surface area contributed by atoms with Gasteiger partial charge in [0.1, 0.15) is 0 Å². The van der Waals surface area contributed by atoms with Crippen LogP contribution in [0.5, 0.6) is 0 Å². The Hall–Kier alpha value is -1.79. The molecule has 1 aromatic carbocycles. The molecule has 5 nitrogen and oxygen atoms in total. The average molecular weight is 336 g/mol. The maximum Gasteiger partial charge on any atom is 0.273 e. The molecule has 0 saturated heterocycles. The van der Waals surface area contributed by atoms with Crippen LogP contribution in [0.25, 0.3) is 0 Å². The fourth-order valence-corrected chi connectivity index (χ4v) is 2.28. The minimum atomic E-state index is -0.366. The maximum atomic E-state index is 11.0. The van der Waals surface area contributed by atoms with Crippen molar-refractivity contribution in [2.75, 3.05) is 0 Å². The molecule has 0 fully saturated rings. The van der Waals surface area contributed by atoms with Crippen molar-refractivity contribution in [2.24, 2.45) is 0 Å². The Labute approximate surface area is 125 Å². The number of pyridine rings is 1. The van der Waals surface area contributed by atoms with Gasteiger partial charge in [-0.2, -0.15) is 0 Å². The number of halogens is 1. The van der Waals surface area contributed by atoms with Gasteiger partial charge in [0.25, 0.3) is 5.69 Å². The summed E-state index contributed by atoms with van der Waals surface area (Å²) in [5.41, 5.74) is 1.67. The normalized spacial score (nSPS) is 12.1. The van der Waals surface area contributed by atoms with Crippen LogP contribution in [0.3, 0.4) is 0 Å². The van der Waals surface area contributed by atoms with E-state index in [2.05, 4.69) is 26.2 Å². The Balaban J connectivity index is 2.11. The zero-order chi connectivity index (χ0) is 14.5. The summed E-state index contributed by atoms with van der Waals surface area (Å²) in [5.74, 6) is 0. The third kappa shape index (κ3) is 3.61. The molecule has 0 unspecified atom stereocenters. The first kappa shape index (κ1) is 14.6. The molecular weight excluding hydrogens is 322 g/mol. The number of nitrogens with zero attached hydrogens (tertiary/aromatic N) is 2. The number of hydrogen-bond donors (Lipinski definition) is 1. The first-order valence-electron chi connectivity index (χ1n) is 6.15.